The number of carbonyl (C=O) groups excluding carboxylic acids is 2. The molecule has 2 aromatic carbocycles. The number of methoxy groups -OCH3 is 1. The third-order valence-electron chi connectivity index (χ3n) is 6.80. The van der Waals surface area contributed by atoms with E-state index >= 15 is 0 Å². The number of nitrogens with one attached hydrogen (secondary N) is 5. The van der Waals surface area contributed by atoms with Gasteiger partial charge in [-0.1, -0.05) is 56.4 Å². The molecular formula is C27H35FN8O3. The van der Waals surface area contributed by atoms with Gasteiger partial charge >= 0.3 is 0 Å². The van der Waals surface area contributed by atoms with Gasteiger partial charge in [0.15, 0.2) is 23.4 Å². The first-order valence-electron chi connectivity index (χ1n) is 13.1. The normalized spacial score (nSPS) is 16.5. The molecule has 0 unspecified atom stereocenters. The molecule has 0 saturated heterocycles. The largest absolute Gasteiger partial charge is 0.494 e. The Morgan fingerprint density at radius 3 is 2.74 bits per heavy atom. The first-order chi connectivity index (χ1) is 18.9. The van der Waals surface area contributed by atoms with Crippen molar-refractivity contribution in [1.82, 2.24) is 27.1 Å². The predicted molar refractivity (Wildman–Crippen MR) is 146 cm³/mol. The molecule has 11 nitrogen and oxygen atoms in total. The number of hydrazone groups is 1. The summed E-state index contributed by atoms with van der Waals surface area (Å²) in [6, 6.07) is 11.0. The number of benzene rings is 2. The number of ether oxygens (including phenoxy) is 1. The molecule has 2 aliphatic rings. The van der Waals surface area contributed by atoms with Crippen LogP contribution in [0.4, 0.5) is 4.39 Å². The lowest BCUT2D eigenvalue weighted by molar-refractivity contribution is -0.123. The summed E-state index contributed by atoms with van der Waals surface area (Å²) in [7, 11) is 1.39. The van der Waals surface area contributed by atoms with Crippen LogP contribution in [0.25, 0.3) is 0 Å². The van der Waals surface area contributed by atoms with Gasteiger partial charge in [0.25, 0.3) is 0 Å². The van der Waals surface area contributed by atoms with Crippen LogP contribution in [0.2, 0.25) is 0 Å². The van der Waals surface area contributed by atoms with E-state index in [1.165, 1.54) is 19.6 Å². The number of carbonyl (C=O) groups is 2. The molecule has 12 heteroatoms. The lowest BCUT2D eigenvalue weighted by atomic mass is 9.84. The fraction of sp³-hybridized carbons (Fsp3) is 0.407. The molecule has 1 heterocycles. The lowest BCUT2D eigenvalue weighted by Crippen LogP contribution is -2.42. The van der Waals surface area contributed by atoms with Crippen molar-refractivity contribution in [3.63, 3.8) is 0 Å². The van der Waals surface area contributed by atoms with E-state index in [9.17, 15) is 14.0 Å². The molecule has 2 aromatic rings. The number of rotatable bonds is 10. The minimum absolute atomic E-state index is 0.0735. The highest BCUT2D eigenvalue weighted by Gasteiger charge is 2.25. The minimum Gasteiger partial charge on any atom is -0.494 e. The molecule has 2 amide bonds. The number of guanidine groups is 1. The van der Waals surface area contributed by atoms with E-state index in [4.69, 9.17) is 10.5 Å². The van der Waals surface area contributed by atoms with Crippen LogP contribution in [0.3, 0.4) is 0 Å². The van der Waals surface area contributed by atoms with Crippen molar-refractivity contribution in [3.8, 4) is 5.75 Å². The maximum Gasteiger partial charge on any atom is 0.245 e. The summed E-state index contributed by atoms with van der Waals surface area (Å²) < 4.78 is 18.8. The van der Waals surface area contributed by atoms with Crippen LogP contribution in [0.15, 0.2) is 52.6 Å². The standard InChI is InChI=1S/C27H35FN8O3/c1-39-23-14-19(10-11-21(23)28)16-30-26(38)22(13-17-6-3-2-4-7-17)31-27(29)32-24(37)15-18-8-5-9-20(12-18)25-33-35-36-34-25/h5,8-12,14,17,22,35-36H,2-4,6-7,13,15-16H2,1H3,(H,30,38)(H,33,34)(H3,29,31,32,37)/t22-/m1/s1. The molecule has 1 saturated carbocycles. The van der Waals surface area contributed by atoms with Crippen molar-refractivity contribution in [2.45, 2.75) is 57.5 Å². The Hall–Kier alpha value is -4.19. The zero-order valence-corrected chi connectivity index (χ0v) is 21.9. The van der Waals surface area contributed by atoms with Crippen molar-refractivity contribution < 1.29 is 18.7 Å². The molecule has 1 aliphatic heterocycles. The molecule has 0 radical (unpaired) electrons. The van der Waals surface area contributed by atoms with Gasteiger partial charge in [-0.25, -0.2) is 14.9 Å². The number of aliphatic imine (C=N–C) groups is 1. The molecule has 1 atom stereocenters. The highest BCUT2D eigenvalue weighted by atomic mass is 19.1. The molecule has 1 aliphatic carbocycles. The Bertz CT molecular complexity index is 1230. The maximum atomic E-state index is 13.7. The van der Waals surface area contributed by atoms with Crippen LogP contribution in [-0.4, -0.2) is 36.8 Å². The minimum atomic E-state index is -0.759. The highest BCUT2D eigenvalue weighted by Crippen LogP contribution is 2.28. The molecule has 7 N–H and O–H groups in total. The van der Waals surface area contributed by atoms with Crippen LogP contribution >= 0.6 is 0 Å². The fourth-order valence-electron chi connectivity index (χ4n) is 4.81. The van der Waals surface area contributed by atoms with Crippen LogP contribution in [-0.2, 0) is 22.6 Å². The SMILES string of the molecule is COc1cc(CNC(=O)[C@@H](CC2CCCCC2)N=C(N)NC(=O)Cc2cccc(C3=NNNN3)c2)ccc1F. The number of amides is 2. The predicted octanol–water partition coefficient (Wildman–Crippen LogP) is 1.74. The second-order valence-corrected chi connectivity index (χ2v) is 9.70. The average molecular weight is 539 g/mol. The van der Waals surface area contributed by atoms with Gasteiger partial charge in [-0.15, -0.1) is 10.6 Å². The van der Waals surface area contributed by atoms with E-state index in [-0.39, 0.29) is 36.5 Å². The Morgan fingerprint density at radius 1 is 1.18 bits per heavy atom. The zero-order valence-electron chi connectivity index (χ0n) is 21.9. The van der Waals surface area contributed by atoms with Crippen LogP contribution < -0.4 is 37.6 Å². The summed E-state index contributed by atoms with van der Waals surface area (Å²) in [6.45, 7) is 0.181. The quantitative estimate of drug-likeness (QED) is 0.199. The zero-order chi connectivity index (χ0) is 27.6. The molecular weight excluding hydrogens is 503 g/mol. The van der Waals surface area contributed by atoms with E-state index in [0.29, 0.717) is 23.7 Å². The third-order valence-corrected chi connectivity index (χ3v) is 6.80. The number of amidine groups is 1. The number of hydrazine groups is 2. The Morgan fingerprint density at radius 2 is 2.00 bits per heavy atom. The van der Waals surface area contributed by atoms with Crippen LogP contribution in [0.1, 0.15) is 55.2 Å². The number of nitrogens with two attached hydrogens (primary N) is 1. The van der Waals surface area contributed by atoms with Crippen molar-refractivity contribution >= 4 is 23.6 Å². The van der Waals surface area contributed by atoms with Crippen molar-refractivity contribution in [3.05, 3.63) is 65.0 Å². The van der Waals surface area contributed by atoms with E-state index in [1.807, 2.05) is 24.3 Å². The van der Waals surface area contributed by atoms with Gasteiger partial charge in [-0.3, -0.25) is 20.3 Å². The molecule has 1 fully saturated rings. The number of hydrogen-bond acceptors (Lipinski definition) is 8. The summed E-state index contributed by atoms with van der Waals surface area (Å²) in [4.78, 5) is 30.3. The first-order valence-corrected chi connectivity index (χ1v) is 13.1. The summed E-state index contributed by atoms with van der Waals surface area (Å²) in [5.41, 5.74) is 16.5. The Labute approximate surface area is 226 Å². The highest BCUT2D eigenvalue weighted by molar-refractivity contribution is 6.00. The average Bonchev–Trinajstić information content (AvgIpc) is 3.48. The summed E-state index contributed by atoms with van der Waals surface area (Å²) in [6.07, 6.45) is 6.11. The second-order valence-electron chi connectivity index (χ2n) is 9.70. The molecule has 208 valence electrons. The molecule has 4 rings (SSSR count). The Balaban J connectivity index is 1.39. The van der Waals surface area contributed by atoms with Crippen LogP contribution in [0.5, 0.6) is 5.75 Å². The van der Waals surface area contributed by atoms with E-state index in [0.717, 1.165) is 36.8 Å². The van der Waals surface area contributed by atoms with E-state index in [2.05, 4.69) is 37.2 Å². The third kappa shape index (κ3) is 8.14. The lowest BCUT2D eigenvalue weighted by Gasteiger charge is -2.24. The second kappa shape index (κ2) is 13.6. The molecule has 0 bridgehead atoms. The van der Waals surface area contributed by atoms with Crippen molar-refractivity contribution in [2.75, 3.05) is 7.11 Å². The van der Waals surface area contributed by atoms with Gasteiger partial charge in [0, 0.05) is 12.1 Å². The monoisotopic (exact) mass is 538 g/mol. The topological polar surface area (TPSA) is 154 Å². The number of nitrogens with zero attached hydrogens (tertiary/aromatic N) is 2. The first kappa shape index (κ1) is 27.8. The summed E-state index contributed by atoms with van der Waals surface area (Å²) >= 11 is 0. The van der Waals surface area contributed by atoms with Crippen molar-refractivity contribution in [1.29, 1.82) is 0 Å². The van der Waals surface area contributed by atoms with E-state index in [1.54, 1.807) is 12.1 Å². The molecule has 0 spiro atoms. The van der Waals surface area contributed by atoms with Gasteiger partial charge in [-0.05, 0) is 41.7 Å². The fourth-order valence-corrected chi connectivity index (χ4v) is 4.81. The maximum absolute atomic E-state index is 13.7. The Kier molecular flexibility index (Phi) is 9.68. The van der Waals surface area contributed by atoms with E-state index < -0.39 is 11.9 Å². The summed E-state index contributed by atoms with van der Waals surface area (Å²) in [5.74, 6) is -0.161. The van der Waals surface area contributed by atoms with Crippen molar-refractivity contribution in [2.24, 2.45) is 21.7 Å². The number of halogens is 1. The van der Waals surface area contributed by atoms with Gasteiger partial charge in [-0.2, -0.15) is 0 Å². The van der Waals surface area contributed by atoms with Gasteiger partial charge < -0.3 is 15.8 Å². The smallest absolute Gasteiger partial charge is 0.245 e. The van der Waals surface area contributed by atoms with Gasteiger partial charge in [0.1, 0.15) is 6.04 Å². The van der Waals surface area contributed by atoms with Crippen LogP contribution in [0, 0.1) is 11.7 Å². The van der Waals surface area contributed by atoms with Gasteiger partial charge in [0.2, 0.25) is 11.8 Å². The van der Waals surface area contributed by atoms with Gasteiger partial charge in [0.05, 0.1) is 13.5 Å². The summed E-state index contributed by atoms with van der Waals surface area (Å²) in [5, 5.41) is 9.55. The molecule has 0 aromatic heterocycles. The number of hydrogen-bond donors (Lipinski definition) is 6. The molecule has 39 heavy (non-hydrogen) atoms.